The lowest BCUT2D eigenvalue weighted by atomic mass is 9.91. The average Bonchev–Trinajstić information content (AvgIpc) is 3.15. The Morgan fingerprint density at radius 1 is 1.10 bits per heavy atom. The molecule has 9 heteroatoms. The molecular formula is C21H23F2N3O3S. The Labute approximate surface area is 173 Å². The van der Waals surface area contributed by atoms with Gasteiger partial charge < -0.3 is 9.42 Å². The minimum atomic E-state index is -3.70. The topological polar surface area (TPSA) is 75.4 Å². The van der Waals surface area contributed by atoms with Crippen molar-refractivity contribution in [2.45, 2.75) is 30.1 Å². The smallest absolute Gasteiger partial charge is 0.240 e. The SMILES string of the molecule is O=S(=O)(NCCCN1CCC(c2noc3cc(F)ccc23)CC1)c1cccc(F)c1. The molecule has 1 fully saturated rings. The van der Waals surface area contributed by atoms with Gasteiger partial charge in [0.1, 0.15) is 11.6 Å². The molecule has 160 valence electrons. The number of hydrogen-bond acceptors (Lipinski definition) is 5. The van der Waals surface area contributed by atoms with Gasteiger partial charge in [-0.05, 0) is 69.2 Å². The second kappa shape index (κ2) is 8.79. The van der Waals surface area contributed by atoms with Gasteiger partial charge in [0.2, 0.25) is 10.0 Å². The summed E-state index contributed by atoms with van der Waals surface area (Å²) >= 11 is 0. The van der Waals surface area contributed by atoms with Crippen molar-refractivity contribution >= 4 is 21.0 Å². The quantitative estimate of drug-likeness (QED) is 0.574. The summed E-state index contributed by atoms with van der Waals surface area (Å²) in [7, 11) is -3.70. The fourth-order valence-corrected chi connectivity index (χ4v) is 4.99. The van der Waals surface area contributed by atoms with E-state index in [4.69, 9.17) is 4.52 Å². The number of halogens is 2. The van der Waals surface area contributed by atoms with Crippen LogP contribution in [-0.4, -0.2) is 44.7 Å². The maximum Gasteiger partial charge on any atom is 0.240 e. The molecule has 1 aliphatic rings. The van der Waals surface area contributed by atoms with Gasteiger partial charge in [0.15, 0.2) is 5.58 Å². The van der Waals surface area contributed by atoms with E-state index >= 15 is 0 Å². The molecule has 0 saturated carbocycles. The van der Waals surface area contributed by atoms with Crippen molar-refractivity contribution in [2.24, 2.45) is 0 Å². The summed E-state index contributed by atoms with van der Waals surface area (Å²) in [6.07, 6.45) is 2.48. The van der Waals surface area contributed by atoms with Gasteiger partial charge in [-0.2, -0.15) is 0 Å². The summed E-state index contributed by atoms with van der Waals surface area (Å²) in [6, 6.07) is 9.46. The lowest BCUT2D eigenvalue weighted by Crippen LogP contribution is -2.35. The lowest BCUT2D eigenvalue weighted by Gasteiger charge is -2.31. The third kappa shape index (κ3) is 4.69. The summed E-state index contributed by atoms with van der Waals surface area (Å²) in [4.78, 5) is 2.22. The number of nitrogens with one attached hydrogen (secondary N) is 1. The minimum absolute atomic E-state index is 0.0666. The van der Waals surface area contributed by atoms with Crippen LogP contribution >= 0.6 is 0 Å². The third-order valence-electron chi connectivity index (χ3n) is 5.49. The van der Waals surface area contributed by atoms with Crippen molar-refractivity contribution in [3.05, 3.63) is 59.8 Å². The zero-order valence-electron chi connectivity index (χ0n) is 16.4. The van der Waals surface area contributed by atoms with Crippen molar-refractivity contribution in [1.82, 2.24) is 14.8 Å². The Morgan fingerprint density at radius 2 is 1.87 bits per heavy atom. The first kappa shape index (κ1) is 20.9. The van der Waals surface area contributed by atoms with Crippen LogP contribution in [0.1, 0.15) is 30.9 Å². The number of sulfonamides is 1. The highest BCUT2D eigenvalue weighted by Gasteiger charge is 2.25. The third-order valence-corrected chi connectivity index (χ3v) is 6.94. The predicted octanol–water partition coefficient (Wildman–Crippen LogP) is 3.65. The molecule has 0 unspecified atom stereocenters. The van der Waals surface area contributed by atoms with Crippen molar-refractivity contribution in [3.63, 3.8) is 0 Å². The van der Waals surface area contributed by atoms with E-state index in [9.17, 15) is 17.2 Å². The van der Waals surface area contributed by atoms with Crippen LogP contribution in [0.2, 0.25) is 0 Å². The molecular weight excluding hydrogens is 412 g/mol. The van der Waals surface area contributed by atoms with E-state index in [0.717, 1.165) is 49.6 Å². The van der Waals surface area contributed by atoms with Gasteiger partial charge in [-0.15, -0.1) is 0 Å². The van der Waals surface area contributed by atoms with Crippen molar-refractivity contribution in [1.29, 1.82) is 0 Å². The summed E-state index contributed by atoms with van der Waals surface area (Å²) in [6.45, 7) is 2.80. The van der Waals surface area contributed by atoms with E-state index in [1.807, 2.05) is 0 Å². The molecule has 0 bridgehead atoms. The van der Waals surface area contributed by atoms with Gasteiger partial charge in [0.25, 0.3) is 0 Å². The van der Waals surface area contributed by atoms with Crippen molar-refractivity contribution < 1.29 is 21.7 Å². The Balaban J connectivity index is 1.24. The molecule has 0 spiro atoms. The van der Waals surface area contributed by atoms with E-state index in [2.05, 4.69) is 14.8 Å². The molecule has 2 heterocycles. The van der Waals surface area contributed by atoms with Gasteiger partial charge in [0, 0.05) is 23.9 Å². The Morgan fingerprint density at radius 3 is 2.63 bits per heavy atom. The fourth-order valence-electron chi connectivity index (χ4n) is 3.88. The summed E-state index contributed by atoms with van der Waals surface area (Å²) in [5.41, 5.74) is 1.35. The highest BCUT2D eigenvalue weighted by Crippen LogP contribution is 2.32. The van der Waals surface area contributed by atoms with E-state index in [0.29, 0.717) is 12.0 Å². The predicted molar refractivity (Wildman–Crippen MR) is 109 cm³/mol. The van der Waals surface area contributed by atoms with E-state index < -0.39 is 15.8 Å². The fraction of sp³-hybridized carbons (Fsp3) is 0.381. The molecule has 4 rings (SSSR count). The Hall–Kier alpha value is -2.36. The van der Waals surface area contributed by atoms with Crippen LogP contribution in [0.4, 0.5) is 8.78 Å². The van der Waals surface area contributed by atoms with Crippen LogP contribution in [-0.2, 0) is 10.0 Å². The molecule has 0 amide bonds. The van der Waals surface area contributed by atoms with Crippen LogP contribution in [0.15, 0.2) is 51.9 Å². The zero-order valence-corrected chi connectivity index (χ0v) is 17.2. The van der Waals surface area contributed by atoms with Crippen LogP contribution in [0.5, 0.6) is 0 Å². The molecule has 0 aliphatic carbocycles. The lowest BCUT2D eigenvalue weighted by molar-refractivity contribution is 0.208. The monoisotopic (exact) mass is 435 g/mol. The van der Waals surface area contributed by atoms with Crippen LogP contribution in [0, 0.1) is 11.6 Å². The second-order valence-electron chi connectivity index (χ2n) is 7.53. The highest BCUT2D eigenvalue weighted by molar-refractivity contribution is 7.89. The van der Waals surface area contributed by atoms with Gasteiger partial charge in [-0.1, -0.05) is 11.2 Å². The number of likely N-dealkylation sites (tertiary alicyclic amines) is 1. The minimum Gasteiger partial charge on any atom is -0.356 e. The molecule has 0 radical (unpaired) electrons. The highest BCUT2D eigenvalue weighted by atomic mass is 32.2. The molecule has 0 atom stereocenters. The molecule has 30 heavy (non-hydrogen) atoms. The molecule has 1 N–H and O–H groups in total. The zero-order chi connectivity index (χ0) is 21.1. The molecule has 3 aromatic rings. The van der Waals surface area contributed by atoms with Crippen LogP contribution < -0.4 is 4.72 Å². The summed E-state index contributed by atoms with van der Waals surface area (Å²) in [5, 5.41) is 5.02. The van der Waals surface area contributed by atoms with Gasteiger partial charge in [-0.25, -0.2) is 21.9 Å². The van der Waals surface area contributed by atoms with Crippen LogP contribution in [0.25, 0.3) is 11.0 Å². The number of fused-ring (bicyclic) bond motifs is 1. The number of aromatic nitrogens is 1. The summed E-state index contributed by atoms with van der Waals surface area (Å²) in [5.74, 6) is -0.654. The van der Waals surface area contributed by atoms with E-state index in [-0.39, 0.29) is 23.2 Å². The number of rotatable bonds is 7. The first-order valence-electron chi connectivity index (χ1n) is 9.95. The molecule has 1 aliphatic heterocycles. The molecule has 2 aromatic carbocycles. The largest absolute Gasteiger partial charge is 0.356 e. The second-order valence-corrected chi connectivity index (χ2v) is 9.30. The number of nitrogens with zero attached hydrogens (tertiary/aromatic N) is 2. The number of piperidine rings is 1. The Kier molecular flexibility index (Phi) is 6.12. The van der Waals surface area contributed by atoms with E-state index in [1.165, 1.54) is 30.3 Å². The molecule has 6 nitrogen and oxygen atoms in total. The summed E-state index contributed by atoms with van der Waals surface area (Å²) < 4.78 is 58.8. The van der Waals surface area contributed by atoms with Gasteiger partial charge >= 0.3 is 0 Å². The van der Waals surface area contributed by atoms with Crippen molar-refractivity contribution in [2.75, 3.05) is 26.2 Å². The van der Waals surface area contributed by atoms with Crippen molar-refractivity contribution in [3.8, 4) is 0 Å². The standard InChI is InChI=1S/C21H23F2N3O3S/c22-16-3-1-4-18(13-16)30(27,28)24-9-2-10-26-11-7-15(8-12-26)21-19-6-5-17(23)14-20(19)29-25-21/h1,3-6,13-15,24H,2,7-12H2. The maximum absolute atomic E-state index is 13.3. The normalized spacial score (nSPS) is 16.3. The number of benzene rings is 2. The van der Waals surface area contributed by atoms with E-state index in [1.54, 1.807) is 6.07 Å². The Bertz CT molecular complexity index is 1130. The average molecular weight is 435 g/mol. The van der Waals surface area contributed by atoms with Gasteiger partial charge in [-0.3, -0.25) is 0 Å². The molecule has 1 aromatic heterocycles. The maximum atomic E-state index is 13.3. The first-order valence-corrected chi connectivity index (χ1v) is 11.4. The number of hydrogen-bond donors (Lipinski definition) is 1. The van der Waals surface area contributed by atoms with Gasteiger partial charge in [0.05, 0.1) is 10.6 Å². The van der Waals surface area contributed by atoms with Crippen LogP contribution in [0.3, 0.4) is 0 Å². The first-order chi connectivity index (χ1) is 14.4. The molecule has 1 saturated heterocycles.